The molecule has 3 N–H and O–H groups in total. The Kier molecular flexibility index (Phi) is 11.5. The summed E-state index contributed by atoms with van der Waals surface area (Å²) in [5, 5.41) is 25.8. The number of esters is 3. The summed E-state index contributed by atoms with van der Waals surface area (Å²) in [4.78, 5) is 36.6. The van der Waals surface area contributed by atoms with Crippen LogP contribution in [0.3, 0.4) is 0 Å². The van der Waals surface area contributed by atoms with Crippen LogP contribution in [0, 0.1) is 35.5 Å². The second kappa shape index (κ2) is 14.2. The van der Waals surface area contributed by atoms with Gasteiger partial charge in [0.2, 0.25) is 0 Å². The molecule has 9 heteroatoms. The number of hydrogen-bond acceptors (Lipinski definition) is 9. The molecule has 0 unspecified atom stereocenters. The van der Waals surface area contributed by atoms with Gasteiger partial charge < -0.3 is 29.5 Å². The molecular formula is C21H18O9. The Labute approximate surface area is 172 Å². The van der Waals surface area contributed by atoms with Crippen molar-refractivity contribution in [3.63, 3.8) is 0 Å². The molecule has 0 spiro atoms. The van der Waals surface area contributed by atoms with Gasteiger partial charge in [0.05, 0.1) is 16.7 Å². The van der Waals surface area contributed by atoms with E-state index in [1.165, 1.54) is 0 Å². The third-order valence-corrected chi connectivity index (χ3v) is 3.08. The van der Waals surface area contributed by atoms with Crippen molar-refractivity contribution < 1.29 is 43.9 Å². The van der Waals surface area contributed by atoms with Crippen molar-refractivity contribution in [2.45, 2.75) is 0 Å². The van der Waals surface area contributed by atoms with E-state index >= 15 is 0 Å². The SMILES string of the molecule is O=C(OCC#CCO)c1cc(C(=O)OCC#CCO)cc(C(=O)OCC#CCO)c1. The van der Waals surface area contributed by atoms with E-state index in [0.717, 1.165) is 18.2 Å². The minimum Gasteiger partial charge on any atom is -0.449 e. The highest BCUT2D eigenvalue weighted by atomic mass is 16.5. The second-order valence-corrected chi connectivity index (χ2v) is 5.06. The maximum absolute atomic E-state index is 12.2. The van der Waals surface area contributed by atoms with Crippen LogP contribution in [0.5, 0.6) is 0 Å². The Balaban J connectivity index is 3.08. The molecule has 0 aliphatic rings. The van der Waals surface area contributed by atoms with Gasteiger partial charge in [-0.3, -0.25) is 0 Å². The Bertz CT molecular complexity index is 810. The predicted octanol–water partition coefficient (Wildman–Crippen LogP) is -0.856. The van der Waals surface area contributed by atoms with Crippen molar-refractivity contribution >= 4 is 17.9 Å². The van der Waals surface area contributed by atoms with Gasteiger partial charge in [0.25, 0.3) is 0 Å². The van der Waals surface area contributed by atoms with Gasteiger partial charge in [-0.1, -0.05) is 35.5 Å². The fraction of sp³-hybridized carbons (Fsp3) is 0.286. The molecule has 0 aliphatic heterocycles. The quantitative estimate of drug-likeness (QED) is 0.308. The first-order valence-electron chi connectivity index (χ1n) is 8.39. The maximum Gasteiger partial charge on any atom is 0.339 e. The summed E-state index contributed by atoms with van der Waals surface area (Å²) >= 11 is 0. The van der Waals surface area contributed by atoms with Crippen LogP contribution in [0.15, 0.2) is 18.2 Å². The first-order chi connectivity index (χ1) is 14.5. The summed E-state index contributed by atoms with van der Waals surface area (Å²) in [6.07, 6.45) is 0. The lowest BCUT2D eigenvalue weighted by atomic mass is 10.1. The Morgan fingerprint density at radius 3 is 1.07 bits per heavy atom. The van der Waals surface area contributed by atoms with E-state index in [9.17, 15) is 14.4 Å². The van der Waals surface area contributed by atoms with E-state index in [0.29, 0.717) is 0 Å². The van der Waals surface area contributed by atoms with Crippen LogP contribution in [-0.2, 0) is 14.2 Å². The predicted molar refractivity (Wildman–Crippen MR) is 102 cm³/mol. The minimum absolute atomic E-state index is 0.134. The molecular weight excluding hydrogens is 396 g/mol. The zero-order chi connectivity index (χ0) is 22.2. The van der Waals surface area contributed by atoms with Crippen molar-refractivity contribution in [3.05, 3.63) is 34.9 Å². The molecule has 1 aromatic rings. The second-order valence-electron chi connectivity index (χ2n) is 5.06. The molecule has 9 nitrogen and oxygen atoms in total. The third-order valence-electron chi connectivity index (χ3n) is 3.08. The van der Waals surface area contributed by atoms with Crippen LogP contribution in [0.2, 0.25) is 0 Å². The monoisotopic (exact) mass is 414 g/mol. The molecule has 30 heavy (non-hydrogen) atoms. The van der Waals surface area contributed by atoms with Crippen molar-refractivity contribution in [2.24, 2.45) is 0 Å². The number of hydrogen-bond donors (Lipinski definition) is 3. The molecule has 0 bridgehead atoms. The minimum atomic E-state index is -0.869. The molecule has 0 radical (unpaired) electrons. The van der Waals surface area contributed by atoms with E-state index in [-0.39, 0.29) is 36.5 Å². The lowest BCUT2D eigenvalue weighted by Crippen LogP contribution is -2.14. The van der Waals surface area contributed by atoms with E-state index in [2.05, 4.69) is 35.5 Å². The number of ether oxygens (including phenoxy) is 3. The number of aliphatic hydroxyl groups is 3. The molecule has 0 saturated heterocycles. The van der Waals surface area contributed by atoms with Crippen LogP contribution in [0.4, 0.5) is 0 Å². The first kappa shape index (κ1) is 24.2. The normalized spacial score (nSPS) is 8.90. The molecule has 0 saturated carbocycles. The van der Waals surface area contributed by atoms with Gasteiger partial charge in [-0.25, -0.2) is 14.4 Å². The maximum atomic E-state index is 12.2. The first-order valence-corrected chi connectivity index (χ1v) is 8.39. The van der Waals surface area contributed by atoms with Crippen LogP contribution >= 0.6 is 0 Å². The number of aliphatic hydroxyl groups excluding tert-OH is 3. The topological polar surface area (TPSA) is 140 Å². The van der Waals surface area contributed by atoms with Crippen molar-refractivity contribution in [2.75, 3.05) is 39.6 Å². The van der Waals surface area contributed by atoms with Gasteiger partial charge >= 0.3 is 17.9 Å². The van der Waals surface area contributed by atoms with E-state index in [1.807, 2.05) is 0 Å². The summed E-state index contributed by atoms with van der Waals surface area (Å²) in [5.41, 5.74) is -0.403. The van der Waals surface area contributed by atoms with Gasteiger partial charge in [-0.05, 0) is 18.2 Å². The lowest BCUT2D eigenvalue weighted by Gasteiger charge is -2.08. The van der Waals surface area contributed by atoms with Crippen LogP contribution in [-0.4, -0.2) is 72.9 Å². The fourth-order valence-electron chi connectivity index (χ4n) is 1.86. The standard InChI is InChI=1S/C21H18O9/c22-7-1-4-10-28-19(25)16-13-17(20(26)29-11-5-2-8-23)15-18(14-16)21(27)30-12-6-3-9-24/h13-15,22-24H,7-12H2. The molecule has 1 rings (SSSR count). The van der Waals surface area contributed by atoms with Gasteiger partial charge in [-0.15, -0.1) is 0 Å². The number of carbonyl (C=O) groups is 3. The van der Waals surface area contributed by atoms with Gasteiger partial charge in [0.1, 0.15) is 19.8 Å². The van der Waals surface area contributed by atoms with E-state index < -0.39 is 37.7 Å². The molecule has 1 aromatic carbocycles. The summed E-state index contributed by atoms with van der Waals surface area (Å²) in [6.45, 7) is -2.10. The Hall–Kier alpha value is -3.81. The van der Waals surface area contributed by atoms with Crippen molar-refractivity contribution in [1.82, 2.24) is 0 Å². The summed E-state index contributed by atoms with van der Waals surface area (Å²) in [6, 6.07) is 3.48. The Morgan fingerprint density at radius 1 is 0.567 bits per heavy atom. The molecule has 0 atom stereocenters. The molecule has 0 aromatic heterocycles. The number of carbonyl (C=O) groups excluding carboxylic acids is 3. The summed E-state index contributed by atoms with van der Waals surface area (Å²) < 4.78 is 14.7. The molecule has 156 valence electrons. The molecule has 0 fully saturated rings. The zero-order valence-electron chi connectivity index (χ0n) is 15.8. The molecule has 0 amide bonds. The van der Waals surface area contributed by atoms with Gasteiger partial charge in [0.15, 0.2) is 19.8 Å². The Morgan fingerprint density at radius 2 is 0.833 bits per heavy atom. The smallest absolute Gasteiger partial charge is 0.339 e. The average Bonchev–Trinajstić information content (AvgIpc) is 2.76. The largest absolute Gasteiger partial charge is 0.449 e. The van der Waals surface area contributed by atoms with Crippen LogP contribution in [0.25, 0.3) is 0 Å². The van der Waals surface area contributed by atoms with Gasteiger partial charge in [-0.2, -0.15) is 0 Å². The van der Waals surface area contributed by atoms with Gasteiger partial charge in [0, 0.05) is 0 Å². The van der Waals surface area contributed by atoms with E-state index in [1.54, 1.807) is 0 Å². The highest BCUT2D eigenvalue weighted by Crippen LogP contribution is 2.14. The fourth-order valence-corrected chi connectivity index (χ4v) is 1.86. The third kappa shape index (κ3) is 8.92. The molecule has 0 aliphatic carbocycles. The summed E-state index contributed by atoms with van der Waals surface area (Å²) in [5.74, 6) is 11.5. The molecule has 0 heterocycles. The lowest BCUT2D eigenvalue weighted by molar-refractivity contribution is 0.0553. The van der Waals surface area contributed by atoms with Crippen molar-refractivity contribution in [3.8, 4) is 35.5 Å². The highest BCUT2D eigenvalue weighted by Gasteiger charge is 2.18. The number of rotatable bonds is 6. The number of benzene rings is 1. The van der Waals surface area contributed by atoms with E-state index in [4.69, 9.17) is 29.5 Å². The highest BCUT2D eigenvalue weighted by molar-refractivity contribution is 6.00. The van der Waals surface area contributed by atoms with Crippen LogP contribution in [0.1, 0.15) is 31.1 Å². The van der Waals surface area contributed by atoms with Crippen LogP contribution < -0.4 is 0 Å². The zero-order valence-corrected chi connectivity index (χ0v) is 15.8. The van der Waals surface area contributed by atoms with Crippen molar-refractivity contribution in [1.29, 1.82) is 0 Å². The summed E-state index contributed by atoms with van der Waals surface area (Å²) in [7, 11) is 0. The average molecular weight is 414 g/mol.